The SMILES string of the molecule is NC(CC(=O)NC(c1ccc(Cl)cc1)C1CC1)c1ccc(C(=O)Nc2ccncc2)cc1. The maximum absolute atomic E-state index is 12.7. The first-order valence-corrected chi connectivity index (χ1v) is 11.0. The Balaban J connectivity index is 1.34. The molecule has 32 heavy (non-hydrogen) atoms. The van der Waals surface area contributed by atoms with Gasteiger partial charge < -0.3 is 16.4 Å². The van der Waals surface area contributed by atoms with Crippen molar-refractivity contribution in [3.8, 4) is 0 Å². The molecule has 0 radical (unpaired) electrons. The Morgan fingerprint density at radius 2 is 1.59 bits per heavy atom. The van der Waals surface area contributed by atoms with Gasteiger partial charge in [0.05, 0.1) is 6.04 Å². The molecule has 0 saturated heterocycles. The van der Waals surface area contributed by atoms with Crippen molar-refractivity contribution in [3.63, 3.8) is 0 Å². The van der Waals surface area contributed by atoms with Crippen LogP contribution in [0.4, 0.5) is 5.69 Å². The number of hydrogen-bond acceptors (Lipinski definition) is 4. The number of pyridine rings is 1. The van der Waals surface area contributed by atoms with E-state index in [-0.39, 0.29) is 24.3 Å². The van der Waals surface area contributed by atoms with Crippen LogP contribution >= 0.6 is 11.6 Å². The highest BCUT2D eigenvalue weighted by Gasteiger charge is 2.33. The van der Waals surface area contributed by atoms with Gasteiger partial charge >= 0.3 is 0 Å². The first-order chi connectivity index (χ1) is 15.5. The smallest absolute Gasteiger partial charge is 0.255 e. The van der Waals surface area contributed by atoms with E-state index in [1.54, 1.807) is 48.8 Å². The number of amides is 2. The molecule has 6 nitrogen and oxygen atoms in total. The molecule has 3 aromatic rings. The van der Waals surface area contributed by atoms with Crippen LogP contribution in [0.25, 0.3) is 0 Å². The van der Waals surface area contributed by atoms with Gasteiger partial charge in [0.1, 0.15) is 0 Å². The van der Waals surface area contributed by atoms with Gasteiger partial charge in [0.15, 0.2) is 0 Å². The summed E-state index contributed by atoms with van der Waals surface area (Å²) in [4.78, 5) is 29.0. The van der Waals surface area contributed by atoms with Crippen LogP contribution in [0.3, 0.4) is 0 Å². The molecule has 1 aliphatic rings. The topological polar surface area (TPSA) is 97.1 Å². The van der Waals surface area contributed by atoms with Gasteiger partial charge in [0.25, 0.3) is 5.91 Å². The molecule has 1 saturated carbocycles. The van der Waals surface area contributed by atoms with E-state index < -0.39 is 6.04 Å². The third-order valence-corrected chi connectivity index (χ3v) is 5.84. The summed E-state index contributed by atoms with van der Waals surface area (Å²) in [6.45, 7) is 0. The fourth-order valence-corrected chi connectivity index (χ4v) is 3.77. The monoisotopic (exact) mass is 448 g/mol. The molecule has 2 unspecified atom stereocenters. The van der Waals surface area contributed by atoms with E-state index in [9.17, 15) is 9.59 Å². The van der Waals surface area contributed by atoms with E-state index in [0.29, 0.717) is 22.2 Å². The second-order valence-corrected chi connectivity index (χ2v) is 8.49. The minimum atomic E-state index is -0.461. The van der Waals surface area contributed by atoms with E-state index in [1.807, 2.05) is 24.3 Å². The molecular weight excluding hydrogens is 424 g/mol. The molecule has 0 aliphatic heterocycles. The highest BCUT2D eigenvalue weighted by atomic mass is 35.5. The van der Waals surface area contributed by atoms with Crippen LogP contribution in [0.15, 0.2) is 73.1 Å². The molecule has 2 aromatic carbocycles. The Bertz CT molecular complexity index is 1070. The van der Waals surface area contributed by atoms with E-state index >= 15 is 0 Å². The molecular formula is C25H25ClN4O2. The lowest BCUT2D eigenvalue weighted by Crippen LogP contribution is -2.32. The van der Waals surface area contributed by atoms with E-state index in [1.165, 1.54) is 0 Å². The standard InChI is InChI=1S/C25H25ClN4O2/c26-20-9-7-18(8-10-20)24(17-3-4-17)30-23(31)15-22(27)16-1-5-19(6-2-16)25(32)29-21-11-13-28-14-12-21/h1-2,5-14,17,22,24H,3-4,15,27H2,(H,30,31)(H,28,29,32). The number of carbonyl (C=O) groups excluding carboxylic acids is 2. The summed E-state index contributed by atoms with van der Waals surface area (Å²) in [5.41, 5.74) is 9.33. The number of anilines is 1. The molecule has 2 atom stereocenters. The van der Waals surface area contributed by atoms with Gasteiger partial charge in [-0.1, -0.05) is 35.9 Å². The number of halogens is 1. The maximum Gasteiger partial charge on any atom is 0.255 e. The summed E-state index contributed by atoms with van der Waals surface area (Å²) in [6, 6.07) is 17.6. The Morgan fingerprint density at radius 1 is 0.969 bits per heavy atom. The van der Waals surface area contributed by atoms with Crippen LogP contribution < -0.4 is 16.4 Å². The first kappa shape index (κ1) is 22.0. The van der Waals surface area contributed by atoms with Gasteiger partial charge in [-0.05, 0) is 66.3 Å². The number of nitrogens with one attached hydrogen (secondary N) is 2. The molecule has 1 aliphatic carbocycles. The van der Waals surface area contributed by atoms with E-state index in [4.69, 9.17) is 17.3 Å². The normalized spacial score (nSPS) is 14.9. The number of aromatic nitrogens is 1. The number of carbonyl (C=O) groups is 2. The largest absolute Gasteiger partial charge is 0.349 e. The summed E-state index contributed by atoms with van der Waals surface area (Å²) < 4.78 is 0. The van der Waals surface area contributed by atoms with Crippen molar-refractivity contribution >= 4 is 29.1 Å². The molecule has 1 fully saturated rings. The fourth-order valence-electron chi connectivity index (χ4n) is 3.64. The van der Waals surface area contributed by atoms with Crippen LogP contribution in [0.5, 0.6) is 0 Å². The molecule has 4 N–H and O–H groups in total. The van der Waals surface area contributed by atoms with E-state index in [2.05, 4.69) is 15.6 Å². The van der Waals surface area contributed by atoms with Gasteiger partial charge in [-0.15, -0.1) is 0 Å². The number of nitrogens with two attached hydrogens (primary N) is 1. The highest BCUT2D eigenvalue weighted by Crippen LogP contribution is 2.41. The van der Waals surface area contributed by atoms with Crippen LogP contribution in [-0.2, 0) is 4.79 Å². The fraction of sp³-hybridized carbons (Fsp3) is 0.240. The summed E-state index contributed by atoms with van der Waals surface area (Å²) in [6.07, 6.45) is 5.59. The van der Waals surface area contributed by atoms with Crippen molar-refractivity contribution in [1.29, 1.82) is 0 Å². The van der Waals surface area contributed by atoms with E-state index in [0.717, 1.165) is 24.0 Å². The van der Waals surface area contributed by atoms with Gasteiger partial charge in [-0.2, -0.15) is 0 Å². The Labute approximate surface area is 192 Å². The molecule has 164 valence electrons. The number of nitrogens with zero attached hydrogens (tertiary/aromatic N) is 1. The van der Waals surface area contributed by atoms with Crippen molar-refractivity contribution in [3.05, 3.63) is 94.8 Å². The third-order valence-electron chi connectivity index (χ3n) is 5.58. The van der Waals surface area contributed by atoms with Crippen LogP contribution in [0.2, 0.25) is 5.02 Å². The molecule has 1 heterocycles. The molecule has 2 amide bonds. The third kappa shape index (κ3) is 5.72. The average Bonchev–Trinajstić information content (AvgIpc) is 3.64. The quantitative estimate of drug-likeness (QED) is 0.467. The zero-order valence-corrected chi connectivity index (χ0v) is 18.3. The lowest BCUT2D eigenvalue weighted by Gasteiger charge is -2.20. The Hall–Kier alpha value is -3.22. The van der Waals surface area contributed by atoms with Gasteiger partial charge in [-0.25, -0.2) is 0 Å². The number of rotatable bonds is 8. The lowest BCUT2D eigenvalue weighted by atomic mass is 10.00. The summed E-state index contributed by atoms with van der Waals surface area (Å²) in [5, 5.41) is 6.63. The first-order valence-electron chi connectivity index (χ1n) is 10.6. The van der Waals surface area contributed by atoms with Crippen molar-refractivity contribution in [2.24, 2.45) is 11.7 Å². The van der Waals surface area contributed by atoms with Gasteiger partial charge in [-0.3, -0.25) is 14.6 Å². The van der Waals surface area contributed by atoms with Crippen LogP contribution in [-0.4, -0.2) is 16.8 Å². The number of hydrogen-bond donors (Lipinski definition) is 3. The van der Waals surface area contributed by atoms with Crippen molar-refractivity contribution in [2.75, 3.05) is 5.32 Å². The van der Waals surface area contributed by atoms with Crippen LogP contribution in [0.1, 0.15) is 52.8 Å². The minimum absolute atomic E-state index is 0.0220. The lowest BCUT2D eigenvalue weighted by molar-refractivity contribution is -0.122. The Kier molecular flexibility index (Phi) is 6.83. The highest BCUT2D eigenvalue weighted by molar-refractivity contribution is 6.30. The maximum atomic E-state index is 12.7. The van der Waals surface area contributed by atoms with Crippen molar-refractivity contribution in [1.82, 2.24) is 10.3 Å². The Morgan fingerprint density at radius 3 is 2.22 bits per heavy atom. The van der Waals surface area contributed by atoms with Crippen LogP contribution in [0, 0.1) is 5.92 Å². The molecule has 0 spiro atoms. The zero-order chi connectivity index (χ0) is 22.5. The predicted molar refractivity (Wildman–Crippen MR) is 125 cm³/mol. The average molecular weight is 449 g/mol. The molecule has 7 heteroatoms. The van der Waals surface area contributed by atoms with Crippen molar-refractivity contribution < 1.29 is 9.59 Å². The summed E-state index contributed by atoms with van der Waals surface area (Å²) in [7, 11) is 0. The number of benzene rings is 2. The van der Waals surface area contributed by atoms with Crippen molar-refractivity contribution in [2.45, 2.75) is 31.3 Å². The molecule has 0 bridgehead atoms. The van der Waals surface area contributed by atoms with Gasteiger partial charge in [0, 0.05) is 41.1 Å². The second kappa shape index (κ2) is 9.94. The molecule has 4 rings (SSSR count). The second-order valence-electron chi connectivity index (χ2n) is 8.06. The minimum Gasteiger partial charge on any atom is -0.349 e. The molecule has 1 aromatic heterocycles. The summed E-state index contributed by atoms with van der Waals surface area (Å²) >= 11 is 5.99. The summed E-state index contributed by atoms with van der Waals surface area (Å²) in [5.74, 6) is 0.141. The zero-order valence-electron chi connectivity index (χ0n) is 17.5. The van der Waals surface area contributed by atoms with Gasteiger partial charge in [0.2, 0.25) is 5.91 Å². The predicted octanol–water partition coefficient (Wildman–Crippen LogP) is 4.64.